The minimum atomic E-state index is -3.95. The third kappa shape index (κ3) is 5.56. The van der Waals surface area contributed by atoms with Crippen LogP contribution in [-0.2, 0) is 10.0 Å². The van der Waals surface area contributed by atoms with Gasteiger partial charge < -0.3 is 20.1 Å². The van der Waals surface area contributed by atoms with Crippen molar-refractivity contribution >= 4 is 27.4 Å². The number of amides is 2. The summed E-state index contributed by atoms with van der Waals surface area (Å²) >= 11 is 0. The fourth-order valence-corrected chi connectivity index (χ4v) is 4.69. The predicted octanol–water partition coefficient (Wildman–Crippen LogP) is 3.96. The second kappa shape index (κ2) is 9.71. The Balaban J connectivity index is 1.76. The zero-order valence-corrected chi connectivity index (χ0v) is 17.9. The molecule has 162 valence electrons. The summed E-state index contributed by atoms with van der Waals surface area (Å²) in [5.41, 5.74) is 0.741. The lowest BCUT2D eigenvalue weighted by molar-refractivity contribution is 0.244. The van der Waals surface area contributed by atoms with Crippen molar-refractivity contribution in [3.05, 3.63) is 42.5 Å². The van der Waals surface area contributed by atoms with E-state index in [1.807, 2.05) is 0 Å². The molecule has 0 aliphatic heterocycles. The molecule has 2 aromatic carbocycles. The summed E-state index contributed by atoms with van der Waals surface area (Å²) in [7, 11) is -1.02. The molecule has 3 rings (SSSR count). The molecule has 1 fully saturated rings. The molecule has 0 aromatic heterocycles. The number of carbonyl (C=O) groups is 1. The van der Waals surface area contributed by atoms with Gasteiger partial charge in [0, 0.05) is 17.4 Å². The van der Waals surface area contributed by atoms with Crippen molar-refractivity contribution in [3.63, 3.8) is 0 Å². The number of hydrogen-bond donors (Lipinski definition) is 3. The first-order valence-corrected chi connectivity index (χ1v) is 11.3. The molecule has 8 nitrogen and oxygen atoms in total. The summed E-state index contributed by atoms with van der Waals surface area (Å²) in [6.07, 6.45) is 5.32. The maximum Gasteiger partial charge on any atom is 0.319 e. The van der Waals surface area contributed by atoms with Crippen LogP contribution < -0.4 is 24.8 Å². The van der Waals surface area contributed by atoms with Crippen molar-refractivity contribution in [1.82, 2.24) is 5.32 Å². The first kappa shape index (κ1) is 21.8. The fourth-order valence-electron chi connectivity index (χ4n) is 3.43. The van der Waals surface area contributed by atoms with E-state index in [9.17, 15) is 13.2 Å². The van der Waals surface area contributed by atoms with Crippen LogP contribution in [0.3, 0.4) is 0 Å². The van der Waals surface area contributed by atoms with E-state index in [4.69, 9.17) is 9.47 Å². The highest BCUT2D eigenvalue weighted by atomic mass is 32.2. The Hall–Kier alpha value is -2.94. The lowest BCUT2D eigenvalue weighted by Crippen LogP contribution is -2.39. The molecule has 3 N–H and O–H groups in total. The number of anilines is 2. The SMILES string of the molecule is COc1ccc(NS(=O)(=O)c2cc(NC(=O)NC3CCCCC3)ccc2OC)cc1. The number of hydrogen-bond acceptors (Lipinski definition) is 5. The summed E-state index contributed by atoms with van der Waals surface area (Å²) in [6.45, 7) is 0. The molecule has 2 aromatic rings. The zero-order valence-electron chi connectivity index (χ0n) is 17.1. The van der Waals surface area contributed by atoms with Crippen molar-refractivity contribution < 1.29 is 22.7 Å². The first-order valence-electron chi connectivity index (χ1n) is 9.84. The largest absolute Gasteiger partial charge is 0.497 e. The maximum atomic E-state index is 12.9. The van der Waals surface area contributed by atoms with Gasteiger partial charge in [-0.25, -0.2) is 13.2 Å². The van der Waals surface area contributed by atoms with E-state index in [1.54, 1.807) is 30.3 Å². The monoisotopic (exact) mass is 433 g/mol. The van der Waals surface area contributed by atoms with Gasteiger partial charge in [-0.2, -0.15) is 0 Å². The number of sulfonamides is 1. The van der Waals surface area contributed by atoms with Crippen LogP contribution in [0.5, 0.6) is 11.5 Å². The normalized spacial score (nSPS) is 14.6. The molecule has 1 aliphatic rings. The molecule has 0 atom stereocenters. The molecule has 0 saturated heterocycles. The molecule has 0 bridgehead atoms. The molecular formula is C21H27N3O5S. The number of nitrogens with one attached hydrogen (secondary N) is 3. The van der Waals surface area contributed by atoms with Crippen LogP contribution in [0.2, 0.25) is 0 Å². The number of carbonyl (C=O) groups excluding carboxylic acids is 1. The molecule has 1 aliphatic carbocycles. The van der Waals surface area contributed by atoms with Crippen molar-refractivity contribution in [1.29, 1.82) is 0 Å². The average Bonchev–Trinajstić information content (AvgIpc) is 2.74. The summed E-state index contributed by atoms with van der Waals surface area (Å²) in [4.78, 5) is 12.2. The van der Waals surface area contributed by atoms with E-state index < -0.39 is 10.0 Å². The summed E-state index contributed by atoms with van der Waals surface area (Å²) in [5, 5.41) is 5.66. The van der Waals surface area contributed by atoms with E-state index in [0.29, 0.717) is 17.1 Å². The molecule has 0 spiro atoms. The number of methoxy groups -OCH3 is 2. The van der Waals surface area contributed by atoms with Gasteiger partial charge in [0.2, 0.25) is 0 Å². The van der Waals surface area contributed by atoms with Gasteiger partial charge in [-0.3, -0.25) is 4.72 Å². The van der Waals surface area contributed by atoms with Gasteiger partial charge in [0.1, 0.15) is 16.4 Å². The summed E-state index contributed by atoms with van der Waals surface area (Å²) < 4.78 is 38.7. The fraction of sp³-hybridized carbons (Fsp3) is 0.381. The lowest BCUT2D eigenvalue weighted by atomic mass is 9.96. The van der Waals surface area contributed by atoms with Crippen molar-refractivity contribution in [3.8, 4) is 11.5 Å². The van der Waals surface area contributed by atoms with Gasteiger partial charge in [-0.1, -0.05) is 19.3 Å². The molecule has 1 saturated carbocycles. The van der Waals surface area contributed by atoms with Gasteiger partial charge in [-0.15, -0.1) is 0 Å². The number of benzene rings is 2. The maximum absolute atomic E-state index is 12.9. The topological polar surface area (TPSA) is 106 Å². The Labute approximate surface area is 177 Å². The Morgan fingerprint density at radius 3 is 2.23 bits per heavy atom. The molecule has 30 heavy (non-hydrogen) atoms. The third-order valence-electron chi connectivity index (χ3n) is 4.99. The second-order valence-electron chi connectivity index (χ2n) is 7.13. The summed E-state index contributed by atoms with van der Waals surface area (Å²) in [5.74, 6) is 0.792. The zero-order chi connectivity index (χ0) is 21.6. The van der Waals surface area contributed by atoms with Crippen molar-refractivity contribution in [2.45, 2.75) is 43.0 Å². The number of urea groups is 1. The first-order chi connectivity index (χ1) is 14.4. The van der Waals surface area contributed by atoms with E-state index in [2.05, 4.69) is 15.4 Å². The summed E-state index contributed by atoms with van der Waals surface area (Å²) in [6, 6.07) is 10.8. The van der Waals surface area contributed by atoms with Gasteiger partial charge in [0.25, 0.3) is 10.0 Å². The Morgan fingerprint density at radius 2 is 1.60 bits per heavy atom. The van der Waals surface area contributed by atoms with E-state index in [1.165, 1.54) is 32.8 Å². The van der Waals surface area contributed by atoms with Crippen LogP contribution in [0.1, 0.15) is 32.1 Å². The molecule has 9 heteroatoms. The van der Waals surface area contributed by atoms with Crippen LogP contribution in [0.4, 0.5) is 16.2 Å². The van der Waals surface area contributed by atoms with Gasteiger partial charge >= 0.3 is 6.03 Å². The van der Waals surface area contributed by atoms with Gasteiger partial charge in [0.15, 0.2) is 0 Å². The number of ether oxygens (including phenoxy) is 2. The highest BCUT2D eigenvalue weighted by Crippen LogP contribution is 2.29. The van der Waals surface area contributed by atoms with Crippen LogP contribution >= 0.6 is 0 Å². The van der Waals surface area contributed by atoms with E-state index in [0.717, 1.165) is 25.7 Å². The molecular weight excluding hydrogens is 406 g/mol. The Bertz CT molecular complexity index is 971. The van der Waals surface area contributed by atoms with Crippen molar-refractivity contribution in [2.24, 2.45) is 0 Å². The average molecular weight is 434 g/mol. The minimum Gasteiger partial charge on any atom is -0.497 e. The highest BCUT2D eigenvalue weighted by molar-refractivity contribution is 7.92. The van der Waals surface area contributed by atoms with Crippen LogP contribution in [0.15, 0.2) is 47.4 Å². The second-order valence-corrected chi connectivity index (χ2v) is 8.78. The Morgan fingerprint density at radius 1 is 0.933 bits per heavy atom. The van der Waals surface area contributed by atoms with E-state index >= 15 is 0 Å². The standard InChI is InChI=1S/C21H27N3O5S/c1-28-18-11-8-16(9-12-18)24-30(26,27)20-14-17(10-13-19(20)29-2)23-21(25)22-15-6-4-3-5-7-15/h8-15,24H,3-7H2,1-2H3,(H2,22,23,25). The number of rotatable bonds is 7. The highest BCUT2D eigenvalue weighted by Gasteiger charge is 2.22. The molecule has 0 radical (unpaired) electrons. The third-order valence-corrected chi connectivity index (χ3v) is 6.40. The minimum absolute atomic E-state index is 0.0729. The predicted molar refractivity (Wildman–Crippen MR) is 116 cm³/mol. The molecule has 0 heterocycles. The lowest BCUT2D eigenvalue weighted by Gasteiger charge is -2.23. The molecule has 2 amide bonds. The smallest absolute Gasteiger partial charge is 0.319 e. The van der Waals surface area contributed by atoms with Gasteiger partial charge in [-0.05, 0) is 55.3 Å². The quantitative estimate of drug-likeness (QED) is 0.613. The van der Waals surface area contributed by atoms with Gasteiger partial charge in [0.05, 0.1) is 14.2 Å². The molecule has 0 unspecified atom stereocenters. The Kier molecular flexibility index (Phi) is 7.04. The van der Waals surface area contributed by atoms with Crippen molar-refractivity contribution in [2.75, 3.05) is 24.3 Å². The van der Waals surface area contributed by atoms with E-state index in [-0.39, 0.29) is 22.7 Å². The van der Waals surface area contributed by atoms with Crippen LogP contribution in [0.25, 0.3) is 0 Å². The van der Waals surface area contributed by atoms with Crippen LogP contribution in [-0.4, -0.2) is 34.7 Å². The van der Waals surface area contributed by atoms with Crippen LogP contribution in [0, 0.1) is 0 Å².